The van der Waals surface area contributed by atoms with E-state index in [-0.39, 0.29) is 19.0 Å². The van der Waals surface area contributed by atoms with Gasteiger partial charge in [0.2, 0.25) is 5.91 Å². The molecule has 0 N–H and O–H groups in total. The highest BCUT2D eigenvalue weighted by Crippen LogP contribution is 2.06. The Morgan fingerprint density at radius 3 is 2.12 bits per heavy atom. The van der Waals surface area contributed by atoms with E-state index in [2.05, 4.69) is 6.92 Å². The van der Waals surface area contributed by atoms with Crippen LogP contribution in [0.1, 0.15) is 45.4 Å². The molecule has 0 atom stereocenters. The molecule has 0 aliphatic rings. The minimum Gasteiger partial charge on any atom is -0.316 e. The van der Waals surface area contributed by atoms with Crippen molar-refractivity contribution >= 4 is 5.91 Å². The minimum absolute atomic E-state index is 0.0152. The second-order valence-electron chi connectivity index (χ2n) is 3.73. The molecule has 0 aliphatic heterocycles. The van der Waals surface area contributed by atoms with Crippen LogP contribution >= 0.6 is 0 Å². The minimum atomic E-state index is -0.0837. The summed E-state index contributed by atoms with van der Waals surface area (Å²) in [5.41, 5.74) is 0. The predicted molar refractivity (Wildman–Crippen MR) is 61.2 cm³/mol. The molecule has 0 saturated heterocycles. The highest BCUT2D eigenvalue weighted by Gasteiger charge is 2.11. The van der Waals surface area contributed by atoms with Crippen LogP contribution in [0.4, 0.5) is 0 Å². The second-order valence-corrected chi connectivity index (χ2v) is 3.73. The number of hydrogen-bond donors (Lipinski definition) is 0. The third-order valence-electron chi connectivity index (χ3n) is 2.37. The Morgan fingerprint density at radius 2 is 1.62 bits per heavy atom. The van der Waals surface area contributed by atoms with Gasteiger partial charge < -0.3 is 4.90 Å². The number of unbranched alkanes of at least 4 members (excludes halogenated alkanes) is 4. The number of amides is 1. The van der Waals surface area contributed by atoms with Gasteiger partial charge >= 0.3 is 0 Å². The zero-order chi connectivity index (χ0) is 12.2. The Morgan fingerprint density at radius 1 is 1.06 bits per heavy atom. The van der Waals surface area contributed by atoms with Crippen LogP contribution in [0.5, 0.6) is 0 Å². The quantitative estimate of drug-likeness (QED) is 0.466. The summed E-state index contributed by atoms with van der Waals surface area (Å²) < 4.78 is 0. The molecule has 0 spiro atoms. The number of nitriles is 2. The SMILES string of the molecule is CCCCCCCC(=O)N(CC#N)CC#N. The normalized spacial score (nSPS) is 9.19. The number of rotatable bonds is 8. The first kappa shape index (κ1) is 14.5. The molecular weight excluding hydrogens is 202 g/mol. The van der Waals surface area contributed by atoms with Gasteiger partial charge in [0.25, 0.3) is 0 Å². The maximum Gasteiger partial charge on any atom is 0.224 e. The van der Waals surface area contributed by atoms with Gasteiger partial charge in [-0.2, -0.15) is 10.5 Å². The van der Waals surface area contributed by atoms with Crippen molar-refractivity contribution in [3.05, 3.63) is 0 Å². The van der Waals surface area contributed by atoms with Crippen molar-refractivity contribution in [2.24, 2.45) is 0 Å². The molecule has 0 aliphatic carbocycles. The molecule has 0 radical (unpaired) electrons. The molecule has 4 nitrogen and oxygen atoms in total. The van der Waals surface area contributed by atoms with Crippen molar-refractivity contribution in [2.45, 2.75) is 45.4 Å². The topological polar surface area (TPSA) is 67.9 Å². The first-order valence-electron chi connectivity index (χ1n) is 5.78. The monoisotopic (exact) mass is 221 g/mol. The third-order valence-corrected chi connectivity index (χ3v) is 2.37. The lowest BCUT2D eigenvalue weighted by Gasteiger charge is -2.15. The molecule has 0 unspecified atom stereocenters. The molecule has 0 bridgehead atoms. The summed E-state index contributed by atoms with van der Waals surface area (Å²) in [6, 6.07) is 3.80. The summed E-state index contributed by atoms with van der Waals surface area (Å²) in [5, 5.41) is 17.0. The van der Waals surface area contributed by atoms with Crippen LogP contribution in [0.25, 0.3) is 0 Å². The average molecular weight is 221 g/mol. The fraction of sp³-hybridized carbons (Fsp3) is 0.750. The lowest BCUT2D eigenvalue weighted by Crippen LogP contribution is -2.31. The molecule has 4 heteroatoms. The van der Waals surface area contributed by atoms with Crippen LogP contribution < -0.4 is 0 Å². The molecule has 0 saturated carbocycles. The smallest absolute Gasteiger partial charge is 0.224 e. The van der Waals surface area contributed by atoms with Crippen LogP contribution in [0.15, 0.2) is 0 Å². The molecule has 0 aromatic carbocycles. The number of carbonyl (C=O) groups is 1. The van der Waals surface area contributed by atoms with E-state index in [1.165, 1.54) is 17.7 Å². The van der Waals surface area contributed by atoms with Crippen molar-refractivity contribution < 1.29 is 4.79 Å². The number of hydrogen-bond acceptors (Lipinski definition) is 3. The molecule has 0 fully saturated rings. The van der Waals surface area contributed by atoms with E-state index in [1.807, 2.05) is 12.1 Å². The number of carbonyl (C=O) groups excluding carboxylic acids is 1. The fourth-order valence-electron chi connectivity index (χ4n) is 1.44. The summed E-state index contributed by atoms with van der Waals surface area (Å²) in [7, 11) is 0. The van der Waals surface area contributed by atoms with Crippen LogP contribution in [0, 0.1) is 22.7 Å². The lowest BCUT2D eigenvalue weighted by atomic mass is 10.1. The zero-order valence-electron chi connectivity index (χ0n) is 9.91. The molecule has 0 rings (SSSR count). The van der Waals surface area contributed by atoms with Crippen molar-refractivity contribution in [2.75, 3.05) is 13.1 Å². The van der Waals surface area contributed by atoms with E-state index in [4.69, 9.17) is 10.5 Å². The highest BCUT2D eigenvalue weighted by atomic mass is 16.2. The first-order valence-corrected chi connectivity index (χ1v) is 5.78. The molecule has 16 heavy (non-hydrogen) atoms. The maximum absolute atomic E-state index is 11.6. The van der Waals surface area contributed by atoms with Crippen LogP contribution in [-0.2, 0) is 4.79 Å². The summed E-state index contributed by atoms with van der Waals surface area (Å²) in [5.74, 6) is -0.0837. The molecule has 0 aromatic rings. The summed E-state index contributed by atoms with van der Waals surface area (Å²) >= 11 is 0. The standard InChI is InChI=1S/C12H19N3O/c1-2-3-4-5-6-7-12(16)15(10-8-13)11-9-14/h2-7,10-11H2,1H3. The Labute approximate surface area is 97.5 Å². The van der Waals surface area contributed by atoms with Gasteiger partial charge in [-0.15, -0.1) is 0 Å². The number of nitrogens with zero attached hydrogens (tertiary/aromatic N) is 3. The van der Waals surface area contributed by atoms with E-state index in [9.17, 15) is 4.79 Å². The Balaban J connectivity index is 3.76. The van der Waals surface area contributed by atoms with E-state index < -0.39 is 0 Å². The maximum atomic E-state index is 11.6. The van der Waals surface area contributed by atoms with Crippen molar-refractivity contribution in [1.82, 2.24) is 4.90 Å². The van der Waals surface area contributed by atoms with Crippen LogP contribution in [0.2, 0.25) is 0 Å². The third kappa shape index (κ3) is 6.84. The summed E-state index contributed by atoms with van der Waals surface area (Å²) in [6.07, 6.45) is 5.89. The van der Waals surface area contributed by atoms with Gasteiger partial charge in [0, 0.05) is 6.42 Å². The first-order chi connectivity index (χ1) is 7.76. The van der Waals surface area contributed by atoms with Crippen molar-refractivity contribution in [3.63, 3.8) is 0 Å². The van der Waals surface area contributed by atoms with Crippen LogP contribution in [0.3, 0.4) is 0 Å². The van der Waals surface area contributed by atoms with Gasteiger partial charge in [-0.3, -0.25) is 4.79 Å². The molecule has 0 heterocycles. The molecule has 0 aromatic heterocycles. The van der Waals surface area contributed by atoms with Gasteiger partial charge in [-0.25, -0.2) is 0 Å². The molecular formula is C12H19N3O. The summed E-state index contributed by atoms with van der Waals surface area (Å²) in [6.45, 7) is 2.18. The van der Waals surface area contributed by atoms with Gasteiger partial charge in [-0.05, 0) is 6.42 Å². The Hall–Kier alpha value is -1.55. The Kier molecular flexibility index (Phi) is 9.02. The van der Waals surface area contributed by atoms with Crippen molar-refractivity contribution in [3.8, 4) is 12.1 Å². The predicted octanol–water partition coefficient (Wildman–Crippen LogP) is 2.22. The largest absolute Gasteiger partial charge is 0.316 e. The van der Waals surface area contributed by atoms with Gasteiger partial charge in [-0.1, -0.05) is 32.6 Å². The van der Waals surface area contributed by atoms with E-state index in [0.717, 1.165) is 19.3 Å². The molecule has 1 amide bonds. The van der Waals surface area contributed by atoms with Gasteiger partial charge in [0.05, 0.1) is 12.1 Å². The van der Waals surface area contributed by atoms with Crippen LogP contribution in [-0.4, -0.2) is 23.9 Å². The highest BCUT2D eigenvalue weighted by molar-refractivity contribution is 5.76. The van der Waals surface area contributed by atoms with E-state index >= 15 is 0 Å². The van der Waals surface area contributed by atoms with Gasteiger partial charge in [0.1, 0.15) is 13.1 Å². The average Bonchev–Trinajstić information content (AvgIpc) is 2.28. The zero-order valence-corrected chi connectivity index (χ0v) is 9.91. The van der Waals surface area contributed by atoms with Crippen molar-refractivity contribution in [1.29, 1.82) is 10.5 Å². The van der Waals surface area contributed by atoms with E-state index in [0.29, 0.717) is 6.42 Å². The molecule has 88 valence electrons. The van der Waals surface area contributed by atoms with E-state index in [1.54, 1.807) is 0 Å². The van der Waals surface area contributed by atoms with Gasteiger partial charge in [0.15, 0.2) is 0 Å². The lowest BCUT2D eigenvalue weighted by molar-refractivity contribution is -0.130. The Bertz CT molecular complexity index is 259. The second kappa shape index (κ2) is 9.98. The summed E-state index contributed by atoms with van der Waals surface area (Å²) in [4.78, 5) is 12.9. The fourth-order valence-corrected chi connectivity index (χ4v) is 1.44.